The molecule has 0 amide bonds. The minimum absolute atomic E-state index is 0.0259. The normalized spacial score (nSPS) is 37.5. The number of Topliss-reactive ketones (excluding diaryl/α,β-unsaturated/α-hetero) is 1. The first-order valence-electron chi connectivity index (χ1n) is 9.67. The lowest BCUT2D eigenvalue weighted by Gasteiger charge is -2.40. The molecule has 0 aromatic carbocycles. The molecule has 0 unspecified atom stereocenters. The molecular formula is C20H30O8. The van der Waals surface area contributed by atoms with Gasteiger partial charge in [-0.1, -0.05) is 27.4 Å². The summed E-state index contributed by atoms with van der Waals surface area (Å²) in [6.07, 6.45) is -4.78. The zero-order valence-corrected chi connectivity index (χ0v) is 16.8. The summed E-state index contributed by atoms with van der Waals surface area (Å²) < 4.78 is 10.9. The van der Waals surface area contributed by atoms with Crippen LogP contribution in [0.15, 0.2) is 12.2 Å². The number of ketones is 1. The molecule has 0 bridgehead atoms. The molecule has 1 saturated carbocycles. The minimum atomic E-state index is -2.33. The Hall–Kier alpha value is -1.77. The number of hydrogen-bond donors (Lipinski definition) is 3. The van der Waals surface area contributed by atoms with Gasteiger partial charge in [0.2, 0.25) is 0 Å². The van der Waals surface area contributed by atoms with Gasteiger partial charge in [-0.3, -0.25) is 9.59 Å². The van der Waals surface area contributed by atoms with Crippen molar-refractivity contribution in [3.8, 4) is 0 Å². The molecule has 2 aliphatic rings. The predicted molar refractivity (Wildman–Crippen MR) is 97.9 cm³/mol. The van der Waals surface area contributed by atoms with Crippen molar-refractivity contribution in [2.24, 2.45) is 17.8 Å². The maximum absolute atomic E-state index is 12.9. The number of esters is 2. The standard InChI is InChI=1S/C20H30O8/c1-6-9(2)18(24)28-17-16-13(11(4)19(25)27-16)8-14(22)12(5)20(17,26)15(23)7-10(3)21/h9-10,12-14,16-17,21-22,26H,4,6-8H2,1-3,5H3/t9-,10+,12+,13+,14-,16-,17+,20-/m1/s1. The van der Waals surface area contributed by atoms with E-state index in [1.54, 1.807) is 13.8 Å². The SMILES string of the molecule is C=C1C(=O)O[C@@H]2[C@H]1C[C@@H](O)[C@H](C)[C@@](O)(C(=O)C[C@H](C)O)[C@H]2OC(=O)[C@H](C)CC. The van der Waals surface area contributed by atoms with Crippen molar-refractivity contribution < 1.29 is 39.2 Å². The van der Waals surface area contributed by atoms with Gasteiger partial charge in [-0.15, -0.1) is 0 Å². The Bertz CT molecular complexity index is 657. The van der Waals surface area contributed by atoms with Gasteiger partial charge in [0.1, 0.15) is 6.10 Å². The number of rotatable bonds is 6. The van der Waals surface area contributed by atoms with E-state index in [9.17, 15) is 29.7 Å². The molecular weight excluding hydrogens is 368 g/mol. The number of hydrogen-bond acceptors (Lipinski definition) is 8. The number of aliphatic hydroxyl groups excluding tert-OH is 2. The van der Waals surface area contributed by atoms with E-state index in [4.69, 9.17) is 9.47 Å². The van der Waals surface area contributed by atoms with Gasteiger partial charge in [0.25, 0.3) is 0 Å². The molecule has 3 N–H and O–H groups in total. The summed E-state index contributed by atoms with van der Waals surface area (Å²) in [6, 6.07) is 0. The highest BCUT2D eigenvalue weighted by atomic mass is 16.6. The molecule has 2 fully saturated rings. The molecule has 8 atom stereocenters. The van der Waals surface area contributed by atoms with Gasteiger partial charge in [0.05, 0.1) is 18.1 Å². The zero-order chi connectivity index (χ0) is 21.4. The number of fused-ring (bicyclic) bond motifs is 1. The van der Waals surface area contributed by atoms with Crippen molar-refractivity contribution >= 4 is 17.7 Å². The topological polar surface area (TPSA) is 130 Å². The van der Waals surface area contributed by atoms with E-state index in [0.29, 0.717) is 6.42 Å². The first-order chi connectivity index (χ1) is 12.9. The fourth-order valence-electron chi connectivity index (χ4n) is 3.86. The molecule has 0 spiro atoms. The molecule has 1 aliphatic heterocycles. The molecule has 2 rings (SSSR count). The summed E-state index contributed by atoms with van der Waals surface area (Å²) >= 11 is 0. The van der Waals surface area contributed by atoms with Crippen LogP contribution in [0.25, 0.3) is 0 Å². The van der Waals surface area contributed by atoms with Crippen LogP contribution in [0.2, 0.25) is 0 Å². The fraction of sp³-hybridized carbons (Fsp3) is 0.750. The molecule has 28 heavy (non-hydrogen) atoms. The second-order valence-electron chi connectivity index (χ2n) is 8.06. The van der Waals surface area contributed by atoms with Gasteiger partial charge in [-0.2, -0.15) is 0 Å². The van der Waals surface area contributed by atoms with E-state index in [1.807, 2.05) is 0 Å². The number of carbonyl (C=O) groups excluding carboxylic acids is 3. The largest absolute Gasteiger partial charge is 0.455 e. The van der Waals surface area contributed by atoms with E-state index in [0.717, 1.165) is 0 Å². The van der Waals surface area contributed by atoms with Crippen molar-refractivity contribution in [3.63, 3.8) is 0 Å². The highest BCUT2D eigenvalue weighted by molar-refractivity contribution is 5.92. The summed E-state index contributed by atoms with van der Waals surface area (Å²) in [7, 11) is 0. The van der Waals surface area contributed by atoms with Crippen molar-refractivity contribution in [2.45, 2.75) is 77.0 Å². The molecule has 1 aliphatic carbocycles. The van der Waals surface area contributed by atoms with Gasteiger partial charge in [-0.25, -0.2) is 4.79 Å². The average Bonchev–Trinajstić information content (AvgIpc) is 2.87. The number of ether oxygens (including phenoxy) is 2. The van der Waals surface area contributed by atoms with Gasteiger partial charge in [0, 0.05) is 23.8 Å². The Morgan fingerprint density at radius 3 is 2.54 bits per heavy atom. The summed E-state index contributed by atoms with van der Waals surface area (Å²) in [5.41, 5.74) is -2.22. The predicted octanol–water partition coefficient (Wildman–Crippen LogP) is 0.514. The van der Waals surface area contributed by atoms with Gasteiger partial charge in [0.15, 0.2) is 17.5 Å². The van der Waals surface area contributed by atoms with E-state index in [1.165, 1.54) is 13.8 Å². The summed E-state index contributed by atoms with van der Waals surface area (Å²) in [4.78, 5) is 37.5. The summed E-state index contributed by atoms with van der Waals surface area (Å²) in [5.74, 6) is -4.37. The van der Waals surface area contributed by atoms with Crippen LogP contribution in [-0.4, -0.2) is 63.1 Å². The third-order valence-corrected chi connectivity index (χ3v) is 6.03. The van der Waals surface area contributed by atoms with Crippen LogP contribution in [0.1, 0.15) is 47.0 Å². The van der Waals surface area contributed by atoms with E-state index in [2.05, 4.69) is 6.58 Å². The lowest BCUT2D eigenvalue weighted by molar-refractivity contribution is -0.202. The second kappa shape index (κ2) is 8.31. The van der Waals surface area contributed by atoms with E-state index < -0.39 is 71.9 Å². The maximum Gasteiger partial charge on any atom is 0.334 e. The number of aliphatic hydroxyl groups is 3. The third-order valence-electron chi connectivity index (χ3n) is 6.03. The molecule has 8 heteroatoms. The highest BCUT2D eigenvalue weighted by Gasteiger charge is 2.62. The highest BCUT2D eigenvalue weighted by Crippen LogP contribution is 2.45. The van der Waals surface area contributed by atoms with Crippen LogP contribution in [0.4, 0.5) is 0 Å². The van der Waals surface area contributed by atoms with Gasteiger partial charge in [-0.05, 0) is 19.8 Å². The first-order valence-corrected chi connectivity index (χ1v) is 9.67. The lowest BCUT2D eigenvalue weighted by atomic mass is 9.75. The van der Waals surface area contributed by atoms with Crippen molar-refractivity contribution in [1.82, 2.24) is 0 Å². The van der Waals surface area contributed by atoms with Crippen LogP contribution in [-0.2, 0) is 23.9 Å². The Balaban J connectivity index is 2.55. The lowest BCUT2D eigenvalue weighted by Crippen LogP contribution is -2.61. The summed E-state index contributed by atoms with van der Waals surface area (Å²) in [5, 5.41) is 31.7. The Morgan fingerprint density at radius 2 is 2.00 bits per heavy atom. The van der Waals surface area contributed by atoms with Crippen LogP contribution < -0.4 is 0 Å². The molecule has 0 aromatic heterocycles. The van der Waals surface area contributed by atoms with Crippen molar-refractivity contribution in [1.29, 1.82) is 0 Å². The smallest absolute Gasteiger partial charge is 0.334 e. The average molecular weight is 398 g/mol. The third kappa shape index (κ3) is 3.86. The molecule has 1 saturated heterocycles. The van der Waals surface area contributed by atoms with Crippen LogP contribution in [0.5, 0.6) is 0 Å². The maximum atomic E-state index is 12.9. The van der Waals surface area contributed by atoms with Crippen molar-refractivity contribution in [3.05, 3.63) is 12.2 Å². The molecule has 158 valence electrons. The minimum Gasteiger partial charge on any atom is -0.455 e. The van der Waals surface area contributed by atoms with Gasteiger partial charge < -0.3 is 24.8 Å². The first kappa shape index (κ1) is 22.5. The fourth-order valence-corrected chi connectivity index (χ4v) is 3.86. The quantitative estimate of drug-likeness (QED) is 0.436. The van der Waals surface area contributed by atoms with Crippen LogP contribution in [0, 0.1) is 17.8 Å². The van der Waals surface area contributed by atoms with E-state index in [-0.39, 0.29) is 12.0 Å². The summed E-state index contributed by atoms with van der Waals surface area (Å²) in [6.45, 7) is 9.99. The Kier molecular flexibility index (Phi) is 6.68. The molecule has 0 radical (unpaired) electrons. The monoisotopic (exact) mass is 398 g/mol. The van der Waals surface area contributed by atoms with Crippen LogP contribution >= 0.6 is 0 Å². The molecule has 0 aromatic rings. The second-order valence-corrected chi connectivity index (χ2v) is 8.06. The van der Waals surface area contributed by atoms with E-state index >= 15 is 0 Å². The number of carbonyl (C=O) groups is 3. The molecule has 8 nitrogen and oxygen atoms in total. The van der Waals surface area contributed by atoms with Crippen LogP contribution in [0.3, 0.4) is 0 Å². The Labute approximate surface area is 164 Å². The van der Waals surface area contributed by atoms with Gasteiger partial charge >= 0.3 is 11.9 Å². The zero-order valence-electron chi connectivity index (χ0n) is 16.8. The van der Waals surface area contributed by atoms with Crippen molar-refractivity contribution in [2.75, 3.05) is 0 Å². The Morgan fingerprint density at radius 1 is 1.39 bits per heavy atom. The molecule has 1 heterocycles.